The molecule has 0 unspecified atom stereocenters. The molecule has 1 atom stereocenters. The van der Waals surface area contributed by atoms with E-state index >= 15 is 0 Å². The first-order valence-electron chi connectivity index (χ1n) is 28.6. The van der Waals surface area contributed by atoms with Gasteiger partial charge in [0.15, 0.2) is 6.10 Å². The zero-order valence-electron chi connectivity index (χ0n) is 44.0. The summed E-state index contributed by atoms with van der Waals surface area (Å²) in [6, 6.07) is 0. The summed E-state index contributed by atoms with van der Waals surface area (Å²) in [5.74, 6) is -0.890. The molecule has 0 radical (unpaired) electrons. The molecule has 6 nitrogen and oxygen atoms in total. The molecule has 0 saturated heterocycles. The van der Waals surface area contributed by atoms with Crippen LogP contribution in [0.4, 0.5) is 0 Å². The minimum atomic E-state index is -0.781. The molecule has 0 aromatic rings. The SMILES string of the molecule is CCCCC/C=C\C/C=C\C/C=C\CCCCCCC(=O)OC[C@H](COC(=O)CCCCCCCCCCCCCC)OC(=O)CCCCCCCCCCC/C=C\CCCCCCCC. The minimum Gasteiger partial charge on any atom is -0.462 e. The summed E-state index contributed by atoms with van der Waals surface area (Å²) in [6.45, 7) is 6.61. The normalized spacial score (nSPS) is 12.3. The lowest BCUT2D eigenvalue weighted by atomic mass is 10.0. The molecule has 0 bridgehead atoms. The first kappa shape index (κ1) is 63.4. The fourth-order valence-corrected chi connectivity index (χ4v) is 8.21. The third-order valence-electron chi connectivity index (χ3n) is 12.6. The van der Waals surface area contributed by atoms with Crippen molar-refractivity contribution < 1.29 is 28.6 Å². The average molecular weight is 926 g/mol. The lowest BCUT2D eigenvalue weighted by Crippen LogP contribution is -2.30. The smallest absolute Gasteiger partial charge is 0.306 e. The Bertz CT molecular complexity index is 1150. The second-order valence-corrected chi connectivity index (χ2v) is 19.2. The van der Waals surface area contributed by atoms with Crippen molar-refractivity contribution in [2.45, 2.75) is 303 Å². The lowest BCUT2D eigenvalue weighted by molar-refractivity contribution is -0.167. The van der Waals surface area contributed by atoms with Gasteiger partial charge in [-0.2, -0.15) is 0 Å². The van der Waals surface area contributed by atoms with Crippen LogP contribution in [0.15, 0.2) is 48.6 Å². The maximum absolute atomic E-state index is 12.8. The molecular weight excluding hydrogens is 817 g/mol. The maximum atomic E-state index is 12.8. The van der Waals surface area contributed by atoms with Crippen molar-refractivity contribution in [1.29, 1.82) is 0 Å². The molecule has 0 fully saturated rings. The summed E-state index contributed by atoms with van der Waals surface area (Å²) < 4.78 is 16.8. The molecule has 0 aromatic heterocycles. The summed E-state index contributed by atoms with van der Waals surface area (Å²) >= 11 is 0. The van der Waals surface area contributed by atoms with Gasteiger partial charge in [0.2, 0.25) is 0 Å². The molecule has 0 aliphatic heterocycles. The number of carbonyl (C=O) groups is 3. The Morgan fingerprint density at radius 1 is 0.303 bits per heavy atom. The molecule has 384 valence electrons. The van der Waals surface area contributed by atoms with Crippen molar-refractivity contribution in [2.24, 2.45) is 0 Å². The van der Waals surface area contributed by atoms with Crippen LogP contribution in [0.3, 0.4) is 0 Å². The highest BCUT2D eigenvalue weighted by Crippen LogP contribution is 2.16. The number of rotatable bonds is 52. The van der Waals surface area contributed by atoms with Crippen LogP contribution in [0.2, 0.25) is 0 Å². The second kappa shape index (κ2) is 55.0. The van der Waals surface area contributed by atoms with Crippen molar-refractivity contribution in [3.05, 3.63) is 48.6 Å². The van der Waals surface area contributed by atoms with Crippen LogP contribution in [0.5, 0.6) is 0 Å². The number of unbranched alkanes of at least 4 members (excludes halogenated alkanes) is 33. The Morgan fingerprint density at radius 2 is 0.545 bits per heavy atom. The molecule has 0 heterocycles. The van der Waals surface area contributed by atoms with E-state index in [1.807, 2.05) is 0 Å². The summed E-state index contributed by atoms with van der Waals surface area (Å²) in [7, 11) is 0. The Hall–Kier alpha value is -2.63. The second-order valence-electron chi connectivity index (χ2n) is 19.2. The Morgan fingerprint density at radius 3 is 0.894 bits per heavy atom. The van der Waals surface area contributed by atoms with Crippen molar-refractivity contribution >= 4 is 17.9 Å². The van der Waals surface area contributed by atoms with Crippen LogP contribution in [-0.4, -0.2) is 37.2 Å². The number of ether oxygens (including phenoxy) is 3. The van der Waals surface area contributed by atoms with Crippen LogP contribution in [0.1, 0.15) is 297 Å². The summed E-state index contributed by atoms with van der Waals surface area (Å²) in [5.41, 5.74) is 0. The Kier molecular flexibility index (Phi) is 52.8. The molecule has 0 aliphatic carbocycles. The third kappa shape index (κ3) is 52.3. The summed E-state index contributed by atoms with van der Waals surface area (Å²) in [6.07, 6.45) is 66.7. The van der Waals surface area contributed by atoms with E-state index in [1.54, 1.807) is 0 Å². The zero-order chi connectivity index (χ0) is 47.9. The molecule has 66 heavy (non-hydrogen) atoms. The number of carbonyl (C=O) groups excluding carboxylic acids is 3. The quantitative estimate of drug-likeness (QED) is 0.0262. The van der Waals surface area contributed by atoms with Gasteiger partial charge in [0.05, 0.1) is 0 Å². The molecule has 0 amide bonds. The van der Waals surface area contributed by atoms with Crippen molar-refractivity contribution in [2.75, 3.05) is 13.2 Å². The first-order chi connectivity index (χ1) is 32.5. The lowest BCUT2D eigenvalue weighted by Gasteiger charge is -2.18. The van der Waals surface area contributed by atoms with E-state index in [-0.39, 0.29) is 31.1 Å². The van der Waals surface area contributed by atoms with Crippen LogP contribution < -0.4 is 0 Å². The molecule has 0 rings (SSSR count). The van der Waals surface area contributed by atoms with E-state index in [4.69, 9.17) is 14.2 Å². The standard InChI is InChI=1S/C60H108O6/c1-4-7-10-13-16-19-22-25-27-29-30-32-34-36-39-42-45-48-51-54-60(63)66-57(55-64-58(61)52-49-46-43-40-37-24-21-18-15-12-9-6-3)56-65-59(62)53-50-47-44-41-38-35-33-31-28-26-23-20-17-14-11-8-5-2/h17,20,25-28,33,35,57H,4-16,18-19,21-24,29-32,34,36-56H2,1-3H3/b20-17-,27-25-,28-26-,35-33-/t57-/m0/s1. The topological polar surface area (TPSA) is 78.9 Å². The minimum absolute atomic E-state index is 0.0783. The van der Waals surface area contributed by atoms with Crippen LogP contribution >= 0.6 is 0 Å². The van der Waals surface area contributed by atoms with E-state index in [1.165, 1.54) is 173 Å². The summed E-state index contributed by atoms with van der Waals surface area (Å²) in [5, 5.41) is 0. The van der Waals surface area contributed by atoms with Gasteiger partial charge >= 0.3 is 17.9 Å². The number of hydrogen-bond acceptors (Lipinski definition) is 6. The highest BCUT2D eigenvalue weighted by molar-refractivity contribution is 5.71. The van der Waals surface area contributed by atoms with Crippen LogP contribution in [0.25, 0.3) is 0 Å². The van der Waals surface area contributed by atoms with E-state index in [0.29, 0.717) is 19.3 Å². The van der Waals surface area contributed by atoms with Gasteiger partial charge in [0.1, 0.15) is 13.2 Å². The third-order valence-corrected chi connectivity index (χ3v) is 12.6. The number of hydrogen-bond donors (Lipinski definition) is 0. The highest BCUT2D eigenvalue weighted by atomic mass is 16.6. The van der Waals surface area contributed by atoms with Crippen molar-refractivity contribution in [3.8, 4) is 0 Å². The van der Waals surface area contributed by atoms with E-state index in [2.05, 4.69) is 69.4 Å². The van der Waals surface area contributed by atoms with Crippen molar-refractivity contribution in [1.82, 2.24) is 0 Å². The molecule has 0 N–H and O–H groups in total. The van der Waals surface area contributed by atoms with E-state index in [9.17, 15) is 14.4 Å². The van der Waals surface area contributed by atoms with Crippen molar-refractivity contribution in [3.63, 3.8) is 0 Å². The number of esters is 3. The van der Waals surface area contributed by atoms with Crippen LogP contribution in [-0.2, 0) is 28.6 Å². The highest BCUT2D eigenvalue weighted by Gasteiger charge is 2.19. The molecule has 0 aliphatic rings. The van der Waals surface area contributed by atoms with Gasteiger partial charge in [0.25, 0.3) is 0 Å². The maximum Gasteiger partial charge on any atom is 0.306 e. The molecular formula is C60H108O6. The Balaban J connectivity index is 4.37. The van der Waals surface area contributed by atoms with E-state index < -0.39 is 6.10 Å². The zero-order valence-corrected chi connectivity index (χ0v) is 44.0. The van der Waals surface area contributed by atoms with Gasteiger partial charge in [-0.3, -0.25) is 14.4 Å². The average Bonchev–Trinajstić information content (AvgIpc) is 3.31. The molecule has 0 saturated carbocycles. The fourth-order valence-electron chi connectivity index (χ4n) is 8.21. The van der Waals surface area contributed by atoms with Gasteiger partial charge < -0.3 is 14.2 Å². The largest absolute Gasteiger partial charge is 0.462 e. The van der Waals surface area contributed by atoms with Gasteiger partial charge in [-0.15, -0.1) is 0 Å². The van der Waals surface area contributed by atoms with Gasteiger partial charge in [-0.25, -0.2) is 0 Å². The molecule has 0 aromatic carbocycles. The fraction of sp³-hybridized carbons (Fsp3) is 0.817. The van der Waals surface area contributed by atoms with Crippen LogP contribution in [0, 0.1) is 0 Å². The molecule has 0 spiro atoms. The first-order valence-corrected chi connectivity index (χ1v) is 28.6. The van der Waals surface area contributed by atoms with Gasteiger partial charge in [0, 0.05) is 19.3 Å². The van der Waals surface area contributed by atoms with E-state index in [0.717, 1.165) is 83.5 Å². The van der Waals surface area contributed by atoms with Gasteiger partial charge in [-0.05, 0) is 83.5 Å². The van der Waals surface area contributed by atoms with Gasteiger partial charge in [-0.1, -0.05) is 243 Å². The predicted molar refractivity (Wildman–Crippen MR) is 284 cm³/mol. The number of allylic oxidation sites excluding steroid dienone is 8. The molecule has 6 heteroatoms. The summed E-state index contributed by atoms with van der Waals surface area (Å²) in [4.78, 5) is 38.1. The monoisotopic (exact) mass is 925 g/mol. The predicted octanol–water partition coefficient (Wildman–Crippen LogP) is 19.0. The Labute approximate surface area is 409 Å².